The van der Waals surface area contributed by atoms with Crippen LogP contribution in [0.3, 0.4) is 0 Å². The number of rotatable bonds is 6. The molecule has 0 aliphatic heterocycles. The molecule has 0 aromatic heterocycles. The summed E-state index contributed by atoms with van der Waals surface area (Å²) in [5.41, 5.74) is 7.14. The van der Waals surface area contributed by atoms with Gasteiger partial charge in [0.2, 0.25) is 0 Å². The van der Waals surface area contributed by atoms with Crippen molar-refractivity contribution in [1.82, 2.24) is 4.90 Å². The first-order valence-corrected chi connectivity index (χ1v) is 4.90. The van der Waals surface area contributed by atoms with Crippen LogP contribution in [0.25, 0.3) is 0 Å². The van der Waals surface area contributed by atoms with Crippen molar-refractivity contribution in [2.45, 2.75) is 27.2 Å². The third-order valence-corrected chi connectivity index (χ3v) is 2.17. The van der Waals surface area contributed by atoms with E-state index >= 15 is 0 Å². The second-order valence-electron chi connectivity index (χ2n) is 4.81. The van der Waals surface area contributed by atoms with E-state index in [2.05, 4.69) is 39.3 Å². The number of nitrogens with zero attached hydrogens (tertiary/aromatic N) is 1. The Morgan fingerprint density at radius 2 is 2.00 bits per heavy atom. The van der Waals surface area contributed by atoms with Gasteiger partial charge in [0.25, 0.3) is 0 Å². The Kier molecular flexibility index (Phi) is 5.26. The first-order valence-electron chi connectivity index (χ1n) is 4.90. The lowest BCUT2D eigenvalue weighted by atomic mass is 9.93. The average molecular weight is 184 g/mol. The number of hydrogen-bond acceptors (Lipinski definition) is 2. The quantitative estimate of drug-likeness (QED) is 0.639. The minimum absolute atomic E-state index is 0.226. The summed E-state index contributed by atoms with van der Waals surface area (Å²) in [5.74, 6) is 0. The van der Waals surface area contributed by atoms with Crippen LogP contribution >= 0.6 is 0 Å². The van der Waals surface area contributed by atoms with Crippen molar-refractivity contribution in [2.24, 2.45) is 11.1 Å². The molecule has 0 aromatic rings. The fraction of sp³-hybridized carbons (Fsp3) is 0.818. The maximum atomic E-state index is 5.67. The Hall–Kier alpha value is -0.340. The third kappa shape index (κ3) is 6.79. The van der Waals surface area contributed by atoms with Gasteiger partial charge in [0.1, 0.15) is 0 Å². The molecule has 0 fully saturated rings. The second-order valence-corrected chi connectivity index (χ2v) is 4.81. The van der Waals surface area contributed by atoms with Gasteiger partial charge in [-0.05, 0) is 32.4 Å². The molecule has 0 radical (unpaired) electrons. The van der Waals surface area contributed by atoms with E-state index in [1.165, 1.54) is 5.57 Å². The first-order chi connectivity index (χ1) is 5.87. The molecule has 2 N–H and O–H groups in total. The van der Waals surface area contributed by atoms with Gasteiger partial charge in [0.05, 0.1) is 0 Å². The monoisotopic (exact) mass is 184 g/mol. The Morgan fingerprint density at radius 3 is 2.38 bits per heavy atom. The lowest BCUT2D eigenvalue weighted by Gasteiger charge is -2.28. The van der Waals surface area contributed by atoms with Crippen LogP contribution < -0.4 is 5.73 Å². The van der Waals surface area contributed by atoms with Gasteiger partial charge in [0.15, 0.2) is 0 Å². The summed E-state index contributed by atoms with van der Waals surface area (Å²) in [5, 5.41) is 0. The standard InChI is InChI=1S/C11H24N2/c1-10(2)6-7-13(5)9-11(3,4)8-12/h1,6-9,12H2,2-5H3. The highest BCUT2D eigenvalue weighted by atomic mass is 15.1. The minimum Gasteiger partial charge on any atom is -0.330 e. The van der Waals surface area contributed by atoms with Crippen LogP contribution in [0.15, 0.2) is 12.2 Å². The normalized spacial score (nSPS) is 12.2. The van der Waals surface area contributed by atoms with Crippen molar-refractivity contribution in [2.75, 3.05) is 26.7 Å². The van der Waals surface area contributed by atoms with Gasteiger partial charge in [-0.3, -0.25) is 0 Å². The van der Waals surface area contributed by atoms with E-state index in [1.807, 2.05) is 0 Å². The third-order valence-electron chi connectivity index (χ3n) is 2.17. The van der Waals surface area contributed by atoms with Crippen molar-refractivity contribution in [3.63, 3.8) is 0 Å². The molecule has 0 aromatic carbocycles. The zero-order chi connectivity index (χ0) is 10.5. The van der Waals surface area contributed by atoms with E-state index in [9.17, 15) is 0 Å². The predicted octanol–water partition coefficient (Wildman–Crippen LogP) is 1.87. The minimum atomic E-state index is 0.226. The highest BCUT2D eigenvalue weighted by molar-refractivity contribution is 4.88. The molecule has 0 aliphatic rings. The molecule has 13 heavy (non-hydrogen) atoms. The van der Waals surface area contributed by atoms with E-state index in [0.29, 0.717) is 0 Å². The second kappa shape index (κ2) is 5.40. The molecule has 0 aliphatic carbocycles. The van der Waals surface area contributed by atoms with Gasteiger partial charge in [-0.1, -0.05) is 19.4 Å². The van der Waals surface area contributed by atoms with Gasteiger partial charge >= 0.3 is 0 Å². The summed E-state index contributed by atoms with van der Waals surface area (Å²) in [7, 11) is 2.14. The van der Waals surface area contributed by atoms with E-state index < -0.39 is 0 Å². The summed E-state index contributed by atoms with van der Waals surface area (Å²) in [6.45, 7) is 13.2. The van der Waals surface area contributed by atoms with Crippen molar-refractivity contribution >= 4 is 0 Å². The molecule has 0 unspecified atom stereocenters. The molecule has 0 rings (SSSR count). The Balaban J connectivity index is 3.73. The van der Waals surface area contributed by atoms with Crippen LogP contribution in [0.1, 0.15) is 27.2 Å². The summed E-state index contributed by atoms with van der Waals surface area (Å²) in [6.07, 6.45) is 1.08. The van der Waals surface area contributed by atoms with Gasteiger partial charge in [0, 0.05) is 13.1 Å². The highest BCUT2D eigenvalue weighted by Gasteiger charge is 2.17. The van der Waals surface area contributed by atoms with Crippen LogP contribution in [-0.2, 0) is 0 Å². The van der Waals surface area contributed by atoms with Crippen LogP contribution in [0.2, 0.25) is 0 Å². The zero-order valence-electron chi connectivity index (χ0n) is 9.56. The van der Waals surface area contributed by atoms with Crippen LogP contribution in [0.5, 0.6) is 0 Å². The van der Waals surface area contributed by atoms with Gasteiger partial charge in [-0.25, -0.2) is 0 Å². The summed E-state index contributed by atoms with van der Waals surface area (Å²) >= 11 is 0. The fourth-order valence-corrected chi connectivity index (χ4v) is 1.26. The van der Waals surface area contributed by atoms with Crippen molar-refractivity contribution in [1.29, 1.82) is 0 Å². The Labute approximate surface area is 82.8 Å². The molecule has 2 heteroatoms. The Morgan fingerprint density at radius 1 is 1.46 bits per heavy atom. The summed E-state index contributed by atoms with van der Waals surface area (Å²) in [4.78, 5) is 2.32. The average Bonchev–Trinajstić information content (AvgIpc) is 2.00. The van der Waals surface area contributed by atoms with Crippen molar-refractivity contribution in [3.05, 3.63) is 12.2 Å². The largest absolute Gasteiger partial charge is 0.330 e. The molecule has 0 bridgehead atoms. The first kappa shape index (κ1) is 12.7. The SMILES string of the molecule is C=C(C)CCN(C)CC(C)(C)CN. The molecular weight excluding hydrogens is 160 g/mol. The van der Waals surface area contributed by atoms with Crippen LogP contribution in [-0.4, -0.2) is 31.6 Å². The lowest BCUT2D eigenvalue weighted by Crippen LogP contribution is -2.37. The van der Waals surface area contributed by atoms with E-state index in [4.69, 9.17) is 5.73 Å². The topological polar surface area (TPSA) is 29.3 Å². The lowest BCUT2D eigenvalue weighted by molar-refractivity contribution is 0.217. The molecule has 0 amide bonds. The van der Waals surface area contributed by atoms with Crippen LogP contribution in [0, 0.1) is 5.41 Å². The van der Waals surface area contributed by atoms with Gasteiger partial charge in [-0.2, -0.15) is 0 Å². The van der Waals surface area contributed by atoms with Gasteiger partial charge in [-0.15, -0.1) is 6.58 Å². The smallest absolute Gasteiger partial charge is 0.00418 e. The summed E-state index contributed by atoms with van der Waals surface area (Å²) in [6, 6.07) is 0. The van der Waals surface area contributed by atoms with E-state index in [1.54, 1.807) is 0 Å². The van der Waals surface area contributed by atoms with Crippen LogP contribution in [0.4, 0.5) is 0 Å². The predicted molar refractivity (Wildman–Crippen MR) is 59.8 cm³/mol. The molecule has 0 heterocycles. The maximum Gasteiger partial charge on any atom is 0.00418 e. The van der Waals surface area contributed by atoms with E-state index in [0.717, 1.165) is 26.1 Å². The molecule has 78 valence electrons. The van der Waals surface area contributed by atoms with Crippen molar-refractivity contribution in [3.8, 4) is 0 Å². The Bertz CT molecular complexity index is 161. The number of nitrogens with two attached hydrogens (primary N) is 1. The molecule has 0 saturated heterocycles. The zero-order valence-corrected chi connectivity index (χ0v) is 9.56. The van der Waals surface area contributed by atoms with E-state index in [-0.39, 0.29) is 5.41 Å². The molecule has 0 spiro atoms. The molecular formula is C11H24N2. The maximum absolute atomic E-state index is 5.67. The van der Waals surface area contributed by atoms with Crippen molar-refractivity contribution < 1.29 is 0 Å². The van der Waals surface area contributed by atoms with Gasteiger partial charge < -0.3 is 10.6 Å². The highest BCUT2D eigenvalue weighted by Crippen LogP contribution is 2.14. The number of hydrogen-bond donors (Lipinski definition) is 1. The summed E-state index contributed by atoms with van der Waals surface area (Å²) < 4.78 is 0. The molecule has 2 nitrogen and oxygen atoms in total. The molecule has 0 saturated carbocycles. The molecule has 0 atom stereocenters. The fourth-order valence-electron chi connectivity index (χ4n) is 1.26.